The minimum Gasteiger partial charge on any atom is -0.374 e. The Morgan fingerprint density at radius 3 is 3.12 bits per heavy atom. The molecule has 88 valence electrons. The second-order valence-corrected chi connectivity index (χ2v) is 5.52. The number of allylic oxidation sites excluding steroid dienone is 2. The summed E-state index contributed by atoms with van der Waals surface area (Å²) >= 11 is 1.65. The highest BCUT2D eigenvalue weighted by Gasteiger charge is 2.35. The van der Waals surface area contributed by atoms with Crippen molar-refractivity contribution in [2.75, 3.05) is 0 Å². The van der Waals surface area contributed by atoms with Crippen molar-refractivity contribution in [3.8, 4) is 0 Å². The third-order valence-electron chi connectivity index (χ3n) is 2.88. The van der Waals surface area contributed by atoms with E-state index in [4.69, 9.17) is 0 Å². The molecule has 1 fully saturated rings. The number of aliphatic hydroxyl groups excluding tert-OH is 1. The van der Waals surface area contributed by atoms with Gasteiger partial charge in [-0.25, -0.2) is 0 Å². The largest absolute Gasteiger partial charge is 0.374 e. The highest BCUT2D eigenvalue weighted by atomic mass is 32.2. The van der Waals surface area contributed by atoms with Gasteiger partial charge in [0.15, 0.2) is 5.78 Å². The molecule has 0 saturated carbocycles. The summed E-state index contributed by atoms with van der Waals surface area (Å²) in [6.45, 7) is 4.13. The number of ketones is 1. The molecule has 3 nitrogen and oxygen atoms in total. The van der Waals surface area contributed by atoms with Crippen LogP contribution in [0.25, 0.3) is 0 Å². The minimum absolute atomic E-state index is 0.158. The number of carbonyl (C=O) groups is 1. The van der Waals surface area contributed by atoms with Crippen LogP contribution < -0.4 is 0 Å². The lowest BCUT2D eigenvalue weighted by atomic mass is 10.1. The highest BCUT2D eigenvalue weighted by Crippen LogP contribution is 2.44. The average molecular weight is 239 g/mol. The van der Waals surface area contributed by atoms with E-state index in [9.17, 15) is 9.90 Å². The second kappa shape index (κ2) is 4.63. The molecule has 0 spiro atoms. The summed E-state index contributed by atoms with van der Waals surface area (Å²) in [4.78, 5) is 14.3. The monoisotopic (exact) mass is 239 g/mol. The number of carbonyl (C=O) groups excluding carboxylic acids is 1. The van der Waals surface area contributed by atoms with Gasteiger partial charge in [-0.3, -0.25) is 4.79 Å². The summed E-state index contributed by atoms with van der Waals surface area (Å²) in [5.41, 5.74) is 1.04. The molecule has 0 bridgehead atoms. The van der Waals surface area contributed by atoms with Crippen LogP contribution in [-0.4, -0.2) is 27.4 Å². The van der Waals surface area contributed by atoms with Crippen LogP contribution in [0.15, 0.2) is 22.8 Å². The predicted molar refractivity (Wildman–Crippen MR) is 65.6 cm³/mol. The van der Waals surface area contributed by atoms with Crippen molar-refractivity contribution in [1.29, 1.82) is 0 Å². The fraction of sp³-hybridized carbons (Fsp3) is 0.583. The summed E-state index contributed by atoms with van der Waals surface area (Å²) in [5.74, 6) is 0.158. The Balaban J connectivity index is 2.21. The first-order chi connectivity index (χ1) is 7.63. The van der Waals surface area contributed by atoms with Crippen LogP contribution in [0.4, 0.5) is 0 Å². The van der Waals surface area contributed by atoms with Crippen LogP contribution in [0.5, 0.6) is 0 Å². The molecule has 4 heteroatoms. The molecule has 16 heavy (non-hydrogen) atoms. The zero-order chi connectivity index (χ0) is 11.7. The molecule has 0 radical (unpaired) electrons. The smallest absolute Gasteiger partial charge is 0.160 e. The van der Waals surface area contributed by atoms with Gasteiger partial charge in [-0.15, -0.1) is 0 Å². The minimum atomic E-state index is -0.433. The molecular formula is C12H17NO2S. The fourth-order valence-corrected chi connectivity index (χ4v) is 3.38. The number of rotatable bonds is 3. The van der Waals surface area contributed by atoms with Gasteiger partial charge >= 0.3 is 0 Å². The van der Waals surface area contributed by atoms with E-state index >= 15 is 0 Å². The lowest BCUT2D eigenvalue weighted by Crippen LogP contribution is -2.36. The van der Waals surface area contributed by atoms with Crippen molar-refractivity contribution in [3.05, 3.63) is 22.8 Å². The first-order valence-electron chi connectivity index (χ1n) is 5.71. The normalized spacial score (nSPS) is 26.3. The Morgan fingerprint density at radius 1 is 1.69 bits per heavy atom. The maximum Gasteiger partial charge on any atom is 0.160 e. The number of thioether (sulfide) groups is 1. The standard InChI is InChI=1S/C12H17NO2S/c1-3-4-12(15)13-8(2)16-11-7-9(14)5-6-10(11)13/h6-8,12,15H,3-5H2,1-2H3. The number of hydrogen-bond donors (Lipinski definition) is 1. The van der Waals surface area contributed by atoms with Crippen LogP contribution in [0.3, 0.4) is 0 Å². The molecule has 1 N–H and O–H groups in total. The predicted octanol–water partition coefficient (Wildman–Crippen LogP) is 2.24. The Labute approximate surface area is 100 Å². The summed E-state index contributed by atoms with van der Waals surface area (Å²) in [5, 5.41) is 10.3. The third kappa shape index (κ3) is 2.04. The van der Waals surface area contributed by atoms with E-state index in [2.05, 4.69) is 13.8 Å². The maximum absolute atomic E-state index is 11.3. The van der Waals surface area contributed by atoms with Gasteiger partial charge in [-0.05, 0) is 19.4 Å². The first-order valence-corrected chi connectivity index (χ1v) is 6.59. The number of hydrogen-bond acceptors (Lipinski definition) is 4. The van der Waals surface area contributed by atoms with E-state index in [0.717, 1.165) is 23.4 Å². The molecule has 0 aromatic carbocycles. The number of nitrogens with zero attached hydrogens (tertiary/aromatic N) is 1. The molecule has 2 atom stereocenters. The van der Waals surface area contributed by atoms with Gasteiger partial charge in [0.1, 0.15) is 6.23 Å². The summed E-state index contributed by atoms with van der Waals surface area (Å²) in [7, 11) is 0. The van der Waals surface area contributed by atoms with E-state index in [-0.39, 0.29) is 11.2 Å². The SMILES string of the molecule is CCCC(O)N1C2=CCC(=O)C=C2SC1C. The van der Waals surface area contributed by atoms with E-state index < -0.39 is 6.23 Å². The average Bonchev–Trinajstić information content (AvgIpc) is 2.53. The molecule has 2 rings (SSSR count). The lowest BCUT2D eigenvalue weighted by Gasteiger charge is -2.29. The van der Waals surface area contributed by atoms with Crippen LogP contribution >= 0.6 is 11.8 Å². The van der Waals surface area contributed by atoms with Gasteiger partial charge < -0.3 is 10.0 Å². The van der Waals surface area contributed by atoms with Gasteiger partial charge in [0.05, 0.1) is 5.37 Å². The molecular weight excluding hydrogens is 222 g/mol. The zero-order valence-corrected chi connectivity index (χ0v) is 10.5. The Hall–Kier alpha value is -0.740. The molecule has 1 aliphatic carbocycles. The molecule has 1 saturated heterocycles. The van der Waals surface area contributed by atoms with Gasteiger partial charge in [-0.2, -0.15) is 0 Å². The van der Waals surface area contributed by atoms with Crippen molar-refractivity contribution in [2.45, 2.75) is 44.7 Å². The van der Waals surface area contributed by atoms with E-state index in [1.54, 1.807) is 17.8 Å². The lowest BCUT2D eigenvalue weighted by molar-refractivity contribution is -0.114. The van der Waals surface area contributed by atoms with Crippen molar-refractivity contribution < 1.29 is 9.90 Å². The Morgan fingerprint density at radius 2 is 2.44 bits per heavy atom. The maximum atomic E-state index is 11.3. The molecule has 0 amide bonds. The van der Waals surface area contributed by atoms with Crippen LogP contribution in [0, 0.1) is 0 Å². The fourth-order valence-electron chi connectivity index (χ4n) is 2.14. The first kappa shape index (κ1) is 11.7. The zero-order valence-electron chi connectivity index (χ0n) is 9.64. The van der Waals surface area contributed by atoms with Gasteiger partial charge in [0.25, 0.3) is 0 Å². The molecule has 1 heterocycles. The van der Waals surface area contributed by atoms with Gasteiger partial charge in [0, 0.05) is 17.0 Å². The molecule has 0 aromatic rings. The van der Waals surface area contributed by atoms with Crippen molar-refractivity contribution in [1.82, 2.24) is 4.90 Å². The summed E-state index contributed by atoms with van der Waals surface area (Å²) < 4.78 is 0. The van der Waals surface area contributed by atoms with E-state index in [1.807, 2.05) is 11.0 Å². The van der Waals surface area contributed by atoms with Crippen LogP contribution in [0.1, 0.15) is 33.1 Å². The molecule has 0 aromatic heterocycles. The molecule has 2 aliphatic rings. The quantitative estimate of drug-likeness (QED) is 0.820. The van der Waals surface area contributed by atoms with Crippen molar-refractivity contribution >= 4 is 17.5 Å². The topological polar surface area (TPSA) is 40.5 Å². The van der Waals surface area contributed by atoms with Crippen molar-refractivity contribution in [3.63, 3.8) is 0 Å². The van der Waals surface area contributed by atoms with Crippen LogP contribution in [0.2, 0.25) is 0 Å². The highest BCUT2D eigenvalue weighted by molar-refractivity contribution is 8.04. The second-order valence-electron chi connectivity index (χ2n) is 4.16. The Kier molecular flexibility index (Phi) is 3.40. The molecule has 1 aliphatic heterocycles. The number of fused-ring (bicyclic) bond motifs is 1. The summed E-state index contributed by atoms with van der Waals surface area (Å²) in [6.07, 6.45) is 5.39. The van der Waals surface area contributed by atoms with Gasteiger partial charge in [-0.1, -0.05) is 31.2 Å². The van der Waals surface area contributed by atoms with Crippen LogP contribution in [-0.2, 0) is 4.79 Å². The Bertz CT molecular complexity index is 362. The van der Waals surface area contributed by atoms with Gasteiger partial charge in [0.2, 0.25) is 0 Å². The van der Waals surface area contributed by atoms with E-state index in [0.29, 0.717) is 6.42 Å². The summed E-state index contributed by atoms with van der Waals surface area (Å²) in [6, 6.07) is 0. The van der Waals surface area contributed by atoms with Crippen molar-refractivity contribution in [2.24, 2.45) is 0 Å². The molecule has 2 unspecified atom stereocenters. The number of aliphatic hydroxyl groups is 1. The third-order valence-corrected chi connectivity index (χ3v) is 4.03. The van der Waals surface area contributed by atoms with E-state index in [1.165, 1.54) is 0 Å².